The zero-order valence-electron chi connectivity index (χ0n) is 12.9. The van der Waals surface area contributed by atoms with Gasteiger partial charge in [0.15, 0.2) is 5.75 Å². The second kappa shape index (κ2) is 7.19. The van der Waals surface area contributed by atoms with E-state index >= 15 is 0 Å². The van der Waals surface area contributed by atoms with E-state index in [0.29, 0.717) is 6.42 Å². The zero-order chi connectivity index (χ0) is 15.2. The molecule has 114 valence electrons. The molecule has 0 amide bonds. The van der Waals surface area contributed by atoms with Crippen LogP contribution in [0.2, 0.25) is 0 Å². The van der Waals surface area contributed by atoms with E-state index in [4.69, 9.17) is 10.5 Å². The van der Waals surface area contributed by atoms with Crippen molar-refractivity contribution >= 4 is 0 Å². The largest absolute Gasteiger partial charge is 0.493 e. The third-order valence-electron chi connectivity index (χ3n) is 3.35. The summed E-state index contributed by atoms with van der Waals surface area (Å²) in [4.78, 5) is 6.24. The van der Waals surface area contributed by atoms with Crippen LogP contribution in [0.3, 0.4) is 0 Å². The van der Waals surface area contributed by atoms with E-state index in [0.717, 1.165) is 30.1 Å². The topological polar surface area (TPSA) is 69.2 Å². The molecule has 0 spiro atoms. The molecule has 6 heteroatoms. The summed E-state index contributed by atoms with van der Waals surface area (Å²) < 4.78 is 7.33. The predicted octanol–water partition coefficient (Wildman–Crippen LogP) is 1.09. The summed E-state index contributed by atoms with van der Waals surface area (Å²) in [7, 11) is 5.72. The fourth-order valence-corrected chi connectivity index (χ4v) is 2.25. The molecule has 1 atom stereocenters. The van der Waals surface area contributed by atoms with Crippen molar-refractivity contribution in [1.29, 1.82) is 0 Å². The third-order valence-corrected chi connectivity index (χ3v) is 3.35. The number of rotatable bonds is 7. The Hall–Kier alpha value is -1.92. The Morgan fingerprint density at radius 2 is 2.19 bits per heavy atom. The van der Waals surface area contributed by atoms with Crippen LogP contribution < -0.4 is 10.5 Å². The Bertz CT molecular complexity index is 552. The summed E-state index contributed by atoms with van der Waals surface area (Å²) >= 11 is 0. The van der Waals surface area contributed by atoms with E-state index in [1.807, 2.05) is 37.1 Å². The van der Waals surface area contributed by atoms with Gasteiger partial charge in [-0.1, -0.05) is 6.07 Å². The summed E-state index contributed by atoms with van der Waals surface area (Å²) in [6, 6.07) is 3.77. The molecule has 2 heterocycles. The molecule has 0 radical (unpaired) electrons. The molecule has 0 aliphatic heterocycles. The van der Waals surface area contributed by atoms with Crippen LogP contribution in [0.5, 0.6) is 5.75 Å². The Balaban J connectivity index is 2.17. The molecule has 0 aliphatic rings. The second-order valence-electron chi connectivity index (χ2n) is 5.30. The molecule has 0 bridgehead atoms. The number of hydrogen-bond acceptors (Lipinski definition) is 5. The second-order valence-corrected chi connectivity index (χ2v) is 5.30. The van der Waals surface area contributed by atoms with Crippen LogP contribution in [0.4, 0.5) is 0 Å². The van der Waals surface area contributed by atoms with Gasteiger partial charge in [0, 0.05) is 18.9 Å². The Kier molecular flexibility index (Phi) is 5.30. The van der Waals surface area contributed by atoms with Gasteiger partial charge in [-0.05, 0) is 32.1 Å². The minimum atomic E-state index is -0.172. The molecule has 2 rings (SSSR count). The van der Waals surface area contributed by atoms with E-state index in [-0.39, 0.29) is 6.04 Å². The minimum Gasteiger partial charge on any atom is -0.493 e. The summed E-state index contributed by atoms with van der Waals surface area (Å²) in [6.07, 6.45) is 6.04. The summed E-state index contributed by atoms with van der Waals surface area (Å²) in [5.41, 5.74) is 8.41. The van der Waals surface area contributed by atoms with Gasteiger partial charge in [-0.2, -0.15) is 5.10 Å². The molecule has 0 aromatic carbocycles. The fraction of sp³-hybridized carbons (Fsp3) is 0.467. The van der Waals surface area contributed by atoms with Gasteiger partial charge in [0.25, 0.3) is 0 Å². The molecular formula is C15H23N5O. The van der Waals surface area contributed by atoms with Crippen molar-refractivity contribution in [3.05, 3.63) is 42.0 Å². The van der Waals surface area contributed by atoms with Crippen LogP contribution in [-0.4, -0.2) is 47.4 Å². The van der Waals surface area contributed by atoms with Gasteiger partial charge in [-0.15, -0.1) is 0 Å². The van der Waals surface area contributed by atoms with Gasteiger partial charge in [-0.25, -0.2) is 0 Å². The van der Waals surface area contributed by atoms with E-state index in [1.54, 1.807) is 19.5 Å². The Morgan fingerprint density at radius 1 is 1.38 bits per heavy atom. The van der Waals surface area contributed by atoms with Crippen LogP contribution in [0.15, 0.2) is 30.7 Å². The van der Waals surface area contributed by atoms with E-state index in [2.05, 4.69) is 15.0 Å². The van der Waals surface area contributed by atoms with Crippen molar-refractivity contribution in [2.75, 3.05) is 27.7 Å². The predicted molar refractivity (Wildman–Crippen MR) is 82.2 cm³/mol. The number of nitrogens with zero attached hydrogens (tertiary/aromatic N) is 4. The van der Waals surface area contributed by atoms with E-state index in [1.165, 1.54) is 0 Å². The molecule has 2 aromatic heterocycles. The van der Waals surface area contributed by atoms with Gasteiger partial charge in [0.05, 0.1) is 31.6 Å². The normalized spacial score (nSPS) is 12.6. The minimum absolute atomic E-state index is 0.172. The van der Waals surface area contributed by atoms with Crippen molar-refractivity contribution < 1.29 is 4.74 Å². The number of hydrogen-bond donors (Lipinski definition) is 1. The maximum Gasteiger partial charge on any atom is 0.161 e. The highest BCUT2D eigenvalue weighted by Gasteiger charge is 2.19. The molecule has 0 aliphatic carbocycles. The monoisotopic (exact) mass is 289 g/mol. The first-order valence-electron chi connectivity index (χ1n) is 7.00. The fourth-order valence-electron chi connectivity index (χ4n) is 2.25. The number of ether oxygens (including phenoxy) is 1. The molecule has 6 nitrogen and oxygen atoms in total. The average Bonchev–Trinajstić information content (AvgIpc) is 2.89. The van der Waals surface area contributed by atoms with Crippen LogP contribution >= 0.6 is 0 Å². The quantitative estimate of drug-likeness (QED) is 0.826. The molecule has 1 unspecified atom stereocenters. The molecule has 2 aromatic rings. The standard InChI is InChI=1S/C15H23N5O/c1-19(2)7-8-20-15(14(21-3)11-18-20)13(16)9-12-5-4-6-17-10-12/h4-6,10-11,13H,7-9,16H2,1-3H3. The first kappa shape index (κ1) is 15.5. The molecular weight excluding hydrogens is 266 g/mol. The number of nitrogens with two attached hydrogens (primary N) is 1. The Labute approximate surface area is 125 Å². The van der Waals surface area contributed by atoms with Gasteiger partial charge in [-0.3, -0.25) is 9.67 Å². The van der Waals surface area contributed by atoms with Crippen molar-refractivity contribution in [2.24, 2.45) is 5.73 Å². The highest BCUT2D eigenvalue weighted by atomic mass is 16.5. The van der Waals surface area contributed by atoms with E-state index < -0.39 is 0 Å². The number of likely N-dealkylation sites (N-methyl/N-ethyl adjacent to an activating group) is 1. The molecule has 0 saturated carbocycles. The summed E-state index contributed by atoms with van der Waals surface area (Å²) in [5.74, 6) is 0.741. The van der Waals surface area contributed by atoms with Gasteiger partial charge < -0.3 is 15.4 Å². The summed E-state index contributed by atoms with van der Waals surface area (Å²) in [5, 5.41) is 4.39. The van der Waals surface area contributed by atoms with Crippen molar-refractivity contribution in [2.45, 2.75) is 19.0 Å². The van der Waals surface area contributed by atoms with Crippen molar-refractivity contribution in [3.8, 4) is 5.75 Å². The van der Waals surface area contributed by atoms with Crippen molar-refractivity contribution in [3.63, 3.8) is 0 Å². The Morgan fingerprint density at radius 3 is 2.81 bits per heavy atom. The first-order chi connectivity index (χ1) is 10.1. The lowest BCUT2D eigenvalue weighted by molar-refractivity contribution is 0.360. The number of pyridine rings is 1. The summed E-state index contributed by atoms with van der Waals surface area (Å²) in [6.45, 7) is 1.68. The number of methoxy groups -OCH3 is 1. The lowest BCUT2D eigenvalue weighted by Gasteiger charge is -2.17. The molecule has 0 fully saturated rings. The number of aromatic nitrogens is 3. The average molecular weight is 289 g/mol. The first-order valence-corrected chi connectivity index (χ1v) is 7.00. The lowest BCUT2D eigenvalue weighted by Crippen LogP contribution is -2.24. The van der Waals surface area contributed by atoms with Crippen LogP contribution in [-0.2, 0) is 13.0 Å². The van der Waals surface area contributed by atoms with Crippen LogP contribution in [0.1, 0.15) is 17.3 Å². The zero-order valence-corrected chi connectivity index (χ0v) is 12.9. The van der Waals surface area contributed by atoms with Crippen molar-refractivity contribution in [1.82, 2.24) is 19.7 Å². The van der Waals surface area contributed by atoms with Gasteiger partial charge in [0.1, 0.15) is 0 Å². The van der Waals surface area contributed by atoms with Crippen LogP contribution in [0, 0.1) is 0 Å². The highest BCUT2D eigenvalue weighted by molar-refractivity contribution is 5.29. The maximum atomic E-state index is 6.37. The maximum absolute atomic E-state index is 6.37. The molecule has 21 heavy (non-hydrogen) atoms. The molecule has 0 saturated heterocycles. The third kappa shape index (κ3) is 4.03. The van der Waals surface area contributed by atoms with Gasteiger partial charge >= 0.3 is 0 Å². The SMILES string of the molecule is COc1cnn(CCN(C)C)c1C(N)Cc1cccnc1. The lowest BCUT2D eigenvalue weighted by atomic mass is 10.1. The van der Waals surface area contributed by atoms with Gasteiger partial charge in [0.2, 0.25) is 0 Å². The smallest absolute Gasteiger partial charge is 0.161 e. The molecule has 2 N–H and O–H groups in total. The highest BCUT2D eigenvalue weighted by Crippen LogP contribution is 2.25. The van der Waals surface area contributed by atoms with E-state index in [9.17, 15) is 0 Å². The van der Waals surface area contributed by atoms with Crippen LogP contribution in [0.25, 0.3) is 0 Å².